The van der Waals surface area contributed by atoms with Crippen molar-refractivity contribution in [2.75, 3.05) is 32.1 Å². The molecular formula is C12H17N3O4. The minimum absolute atomic E-state index is 0.132. The van der Waals surface area contributed by atoms with Crippen molar-refractivity contribution in [3.63, 3.8) is 0 Å². The van der Waals surface area contributed by atoms with E-state index in [1.54, 1.807) is 19.2 Å². The number of ether oxygens (including phenoxy) is 1. The van der Waals surface area contributed by atoms with E-state index in [9.17, 15) is 9.59 Å². The second-order valence-corrected chi connectivity index (χ2v) is 3.83. The molecule has 0 aromatic carbocycles. The molecule has 19 heavy (non-hydrogen) atoms. The summed E-state index contributed by atoms with van der Waals surface area (Å²) < 4.78 is 4.83. The fraction of sp³-hybridized carbons (Fsp3) is 0.417. The minimum atomic E-state index is -0.938. The van der Waals surface area contributed by atoms with Crippen LogP contribution >= 0.6 is 0 Å². The molecule has 3 N–H and O–H groups in total. The lowest BCUT2D eigenvalue weighted by Crippen LogP contribution is -2.30. The molecule has 0 atom stereocenters. The predicted octanol–water partition coefficient (Wildman–Crippen LogP) is -0.117. The number of nitrogens with one attached hydrogen (secondary N) is 2. The van der Waals surface area contributed by atoms with Gasteiger partial charge >= 0.3 is 5.97 Å². The number of rotatable bonds is 8. The summed E-state index contributed by atoms with van der Waals surface area (Å²) in [6, 6.07) is 3.19. The summed E-state index contributed by atoms with van der Waals surface area (Å²) in [5.41, 5.74) is 0.983. The van der Waals surface area contributed by atoms with Gasteiger partial charge in [-0.25, -0.2) is 0 Å². The first-order valence-electron chi connectivity index (χ1n) is 5.78. The number of carbonyl (C=O) groups is 2. The highest BCUT2D eigenvalue weighted by molar-refractivity contribution is 5.92. The maximum atomic E-state index is 11.5. The lowest BCUT2D eigenvalue weighted by molar-refractivity contribution is -0.136. The van der Waals surface area contributed by atoms with E-state index in [1.165, 1.54) is 6.20 Å². The second kappa shape index (κ2) is 8.17. The molecule has 0 saturated carbocycles. The maximum absolute atomic E-state index is 11.5. The third kappa shape index (κ3) is 6.49. The molecule has 7 nitrogen and oxygen atoms in total. The Kier molecular flexibility index (Phi) is 6.48. The Morgan fingerprint density at radius 3 is 2.79 bits per heavy atom. The molecule has 0 saturated heterocycles. The van der Waals surface area contributed by atoms with E-state index in [2.05, 4.69) is 15.6 Å². The fourth-order valence-corrected chi connectivity index (χ4v) is 1.34. The highest BCUT2D eigenvalue weighted by Crippen LogP contribution is 2.06. The molecule has 104 valence electrons. The van der Waals surface area contributed by atoms with Crippen LogP contribution in [0.1, 0.15) is 5.69 Å². The van der Waals surface area contributed by atoms with Crippen LogP contribution in [0, 0.1) is 0 Å². The van der Waals surface area contributed by atoms with Crippen molar-refractivity contribution in [1.82, 2.24) is 10.3 Å². The van der Waals surface area contributed by atoms with Gasteiger partial charge < -0.3 is 20.5 Å². The van der Waals surface area contributed by atoms with E-state index in [-0.39, 0.29) is 18.9 Å². The smallest absolute Gasteiger partial charge is 0.309 e. The van der Waals surface area contributed by atoms with Crippen LogP contribution in [0.5, 0.6) is 0 Å². The van der Waals surface area contributed by atoms with Crippen LogP contribution in [-0.2, 0) is 20.7 Å². The van der Waals surface area contributed by atoms with Gasteiger partial charge in [-0.05, 0) is 12.1 Å². The Bertz CT molecular complexity index is 419. The molecule has 0 aliphatic rings. The van der Waals surface area contributed by atoms with Crippen LogP contribution in [0.4, 0.5) is 5.69 Å². The van der Waals surface area contributed by atoms with Gasteiger partial charge in [0.05, 0.1) is 37.2 Å². The van der Waals surface area contributed by atoms with Crippen LogP contribution in [0.3, 0.4) is 0 Å². The van der Waals surface area contributed by atoms with E-state index in [4.69, 9.17) is 9.84 Å². The van der Waals surface area contributed by atoms with Crippen molar-refractivity contribution in [1.29, 1.82) is 0 Å². The zero-order chi connectivity index (χ0) is 14.1. The minimum Gasteiger partial charge on any atom is -0.481 e. The summed E-state index contributed by atoms with van der Waals surface area (Å²) in [6.45, 7) is 1.32. The number of carboxylic acids is 1. The number of amides is 1. The lowest BCUT2D eigenvalue weighted by atomic mass is 10.2. The van der Waals surface area contributed by atoms with Gasteiger partial charge in [0.1, 0.15) is 0 Å². The lowest BCUT2D eigenvalue weighted by Gasteiger charge is -2.06. The highest BCUT2D eigenvalue weighted by atomic mass is 16.5. The van der Waals surface area contributed by atoms with E-state index in [1.807, 2.05) is 0 Å². The number of carbonyl (C=O) groups excluding carboxylic acids is 1. The Hall–Kier alpha value is -1.99. The number of hydrogen-bond donors (Lipinski definition) is 3. The molecule has 1 aromatic heterocycles. The van der Waals surface area contributed by atoms with Crippen LogP contribution < -0.4 is 10.6 Å². The van der Waals surface area contributed by atoms with Crippen LogP contribution in [0.15, 0.2) is 18.3 Å². The predicted molar refractivity (Wildman–Crippen MR) is 69.0 cm³/mol. The standard InChI is InChI=1S/C12H17N3O4/c1-19-5-4-13-8-11(16)15-10-3-2-9(14-7-10)6-12(17)18/h2-3,7,13H,4-6,8H2,1H3,(H,15,16)(H,17,18). The van der Waals surface area contributed by atoms with Gasteiger partial charge in [0.15, 0.2) is 0 Å². The molecular weight excluding hydrogens is 250 g/mol. The van der Waals surface area contributed by atoms with Crippen molar-refractivity contribution in [2.45, 2.75) is 6.42 Å². The van der Waals surface area contributed by atoms with Gasteiger partial charge in [-0.1, -0.05) is 0 Å². The fourth-order valence-electron chi connectivity index (χ4n) is 1.34. The molecule has 0 aliphatic heterocycles. The van der Waals surface area contributed by atoms with Gasteiger partial charge in [0.25, 0.3) is 0 Å². The molecule has 7 heteroatoms. The molecule has 1 rings (SSSR count). The second-order valence-electron chi connectivity index (χ2n) is 3.83. The van der Waals surface area contributed by atoms with Gasteiger partial charge in [0.2, 0.25) is 5.91 Å². The Morgan fingerprint density at radius 1 is 1.42 bits per heavy atom. The number of carboxylic acid groups (broad SMARTS) is 1. The monoisotopic (exact) mass is 267 g/mol. The zero-order valence-electron chi connectivity index (χ0n) is 10.7. The topological polar surface area (TPSA) is 101 Å². The van der Waals surface area contributed by atoms with E-state index in [0.29, 0.717) is 24.5 Å². The summed E-state index contributed by atoms with van der Waals surface area (Å²) in [5, 5.41) is 14.2. The average Bonchev–Trinajstić information content (AvgIpc) is 2.36. The van der Waals surface area contributed by atoms with Crippen molar-refractivity contribution >= 4 is 17.6 Å². The number of aromatic nitrogens is 1. The molecule has 0 bridgehead atoms. The summed E-state index contributed by atoms with van der Waals surface area (Å²) in [5.74, 6) is -1.13. The molecule has 0 aliphatic carbocycles. The SMILES string of the molecule is COCCNCC(=O)Nc1ccc(CC(=O)O)nc1. The number of anilines is 1. The van der Waals surface area contributed by atoms with Crippen LogP contribution in [0.2, 0.25) is 0 Å². The molecule has 0 radical (unpaired) electrons. The molecule has 0 fully saturated rings. The average molecular weight is 267 g/mol. The number of hydrogen-bond acceptors (Lipinski definition) is 5. The molecule has 1 amide bonds. The first kappa shape index (κ1) is 15.1. The zero-order valence-corrected chi connectivity index (χ0v) is 10.7. The van der Waals surface area contributed by atoms with Crippen molar-refractivity contribution in [2.24, 2.45) is 0 Å². The third-order valence-electron chi connectivity index (χ3n) is 2.21. The van der Waals surface area contributed by atoms with Crippen molar-refractivity contribution in [3.05, 3.63) is 24.0 Å². The van der Waals surface area contributed by atoms with Crippen molar-refractivity contribution in [3.8, 4) is 0 Å². The number of methoxy groups -OCH3 is 1. The number of pyridine rings is 1. The Balaban J connectivity index is 2.36. The van der Waals surface area contributed by atoms with Crippen LogP contribution in [-0.4, -0.2) is 48.8 Å². The molecule has 1 aromatic rings. The van der Waals surface area contributed by atoms with Gasteiger partial charge in [-0.2, -0.15) is 0 Å². The maximum Gasteiger partial charge on any atom is 0.309 e. The van der Waals surface area contributed by atoms with Crippen molar-refractivity contribution < 1.29 is 19.4 Å². The molecule has 1 heterocycles. The summed E-state index contributed by atoms with van der Waals surface area (Å²) in [4.78, 5) is 25.9. The molecule has 0 spiro atoms. The van der Waals surface area contributed by atoms with Gasteiger partial charge in [0, 0.05) is 13.7 Å². The van der Waals surface area contributed by atoms with E-state index >= 15 is 0 Å². The summed E-state index contributed by atoms with van der Waals surface area (Å²) >= 11 is 0. The normalized spacial score (nSPS) is 10.2. The third-order valence-corrected chi connectivity index (χ3v) is 2.21. The first-order valence-corrected chi connectivity index (χ1v) is 5.78. The van der Waals surface area contributed by atoms with Gasteiger partial charge in [-0.15, -0.1) is 0 Å². The summed E-state index contributed by atoms with van der Waals surface area (Å²) in [7, 11) is 1.59. The first-order chi connectivity index (χ1) is 9.11. The number of aliphatic carboxylic acids is 1. The van der Waals surface area contributed by atoms with Crippen LogP contribution in [0.25, 0.3) is 0 Å². The molecule has 0 unspecified atom stereocenters. The van der Waals surface area contributed by atoms with E-state index in [0.717, 1.165) is 0 Å². The Labute approximate surface area is 111 Å². The Morgan fingerprint density at radius 2 is 2.21 bits per heavy atom. The quantitative estimate of drug-likeness (QED) is 0.568. The van der Waals surface area contributed by atoms with E-state index < -0.39 is 5.97 Å². The summed E-state index contributed by atoms with van der Waals surface area (Å²) in [6.07, 6.45) is 1.30. The highest BCUT2D eigenvalue weighted by Gasteiger charge is 2.04. The number of nitrogens with zero attached hydrogens (tertiary/aromatic N) is 1. The van der Waals surface area contributed by atoms with Gasteiger partial charge in [-0.3, -0.25) is 14.6 Å². The largest absolute Gasteiger partial charge is 0.481 e.